The van der Waals surface area contributed by atoms with E-state index in [9.17, 15) is 14.0 Å². The number of carbonyl (C=O) groups is 2. The normalized spacial score (nSPS) is 10.1. The Labute approximate surface area is 139 Å². The molecule has 24 heavy (non-hydrogen) atoms. The molecule has 2 aromatic rings. The second-order valence-electron chi connectivity index (χ2n) is 5.08. The van der Waals surface area contributed by atoms with Crippen LogP contribution in [0.4, 0.5) is 14.9 Å². The van der Waals surface area contributed by atoms with Crippen molar-refractivity contribution in [2.75, 3.05) is 25.5 Å². The van der Waals surface area contributed by atoms with Gasteiger partial charge in [-0.3, -0.25) is 4.79 Å². The summed E-state index contributed by atoms with van der Waals surface area (Å²) in [6.45, 7) is 0.434. The van der Waals surface area contributed by atoms with Crippen LogP contribution in [0.15, 0.2) is 48.5 Å². The molecular weight excluding hydrogens is 313 g/mol. The molecule has 0 saturated carbocycles. The van der Waals surface area contributed by atoms with Gasteiger partial charge in [0.25, 0.3) is 5.91 Å². The van der Waals surface area contributed by atoms with Crippen molar-refractivity contribution in [1.82, 2.24) is 4.90 Å². The summed E-state index contributed by atoms with van der Waals surface area (Å²) in [4.78, 5) is 24.6. The van der Waals surface area contributed by atoms with Crippen LogP contribution in [-0.2, 0) is 0 Å². The Kier molecular flexibility index (Phi) is 5.73. The zero-order chi connectivity index (χ0) is 17.5. The van der Waals surface area contributed by atoms with Gasteiger partial charge in [0, 0.05) is 18.3 Å². The molecule has 0 heterocycles. The molecule has 3 N–H and O–H groups in total. The lowest BCUT2D eigenvalue weighted by Gasteiger charge is -2.18. The standard InChI is InChI=1S/C17H18FN3O3/c1-21(9-10-24-15-8-3-2-7-14(15)18)16(22)12-5-4-6-13(11-12)20-17(19)23/h2-8,11H,9-10H2,1H3,(H3,19,20,23). The number of urea groups is 1. The lowest BCUT2D eigenvalue weighted by atomic mass is 10.2. The number of rotatable bonds is 6. The van der Waals surface area contributed by atoms with E-state index in [0.29, 0.717) is 11.3 Å². The van der Waals surface area contributed by atoms with Gasteiger partial charge in [-0.05, 0) is 30.3 Å². The van der Waals surface area contributed by atoms with Crippen molar-refractivity contribution in [3.8, 4) is 5.75 Å². The summed E-state index contributed by atoms with van der Waals surface area (Å²) in [7, 11) is 1.61. The third-order valence-corrected chi connectivity index (χ3v) is 3.24. The Balaban J connectivity index is 1.92. The maximum atomic E-state index is 13.4. The van der Waals surface area contributed by atoms with E-state index in [0.717, 1.165) is 0 Å². The van der Waals surface area contributed by atoms with Gasteiger partial charge in [0.15, 0.2) is 11.6 Å². The van der Waals surface area contributed by atoms with Crippen LogP contribution in [0.25, 0.3) is 0 Å². The molecule has 0 aliphatic heterocycles. The Morgan fingerprint density at radius 2 is 1.96 bits per heavy atom. The van der Waals surface area contributed by atoms with E-state index in [-0.39, 0.29) is 24.8 Å². The molecule has 0 fully saturated rings. The molecular formula is C17H18FN3O3. The van der Waals surface area contributed by atoms with E-state index in [2.05, 4.69) is 5.32 Å². The maximum absolute atomic E-state index is 13.4. The van der Waals surface area contributed by atoms with Crippen LogP contribution in [0, 0.1) is 5.82 Å². The average molecular weight is 331 g/mol. The van der Waals surface area contributed by atoms with Crippen molar-refractivity contribution in [3.05, 3.63) is 59.9 Å². The minimum absolute atomic E-state index is 0.144. The largest absolute Gasteiger partial charge is 0.489 e. The first-order chi connectivity index (χ1) is 11.5. The number of nitrogens with one attached hydrogen (secondary N) is 1. The van der Waals surface area contributed by atoms with E-state index >= 15 is 0 Å². The second kappa shape index (κ2) is 7.96. The first-order valence-electron chi connectivity index (χ1n) is 7.26. The predicted molar refractivity (Wildman–Crippen MR) is 88.5 cm³/mol. The van der Waals surface area contributed by atoms with E-state index in [1.165, 1.54) is 23.1 Å². The number of hydrogen-bond acceptors (Lipinski definition) is 3. The molecule has 3 amide bonds. The van der Waals surface area contributed by atoms with E-state index in [1.807, 2.05) is 0 Å². The van der Waals surface area contributed by atoms with Crippen molar-refractivity contribution in [3.63, 3.8) is 0 Å². The number of likely N-dealkylation sites (N-methyl/N-ethyl adjacent to an activating group) is 1. The summed E-state index contributed by atoms with van der Waals surface area (Å²) in [6, 6.07) is 11.8. The van der Waals surface area contributed by atoms with Gasteiger partial charge in [-0.15, -0.1) is 0 Å². The van der Waals surface area contributed by atoms with E-state index < -0.39 is 11.8 Å². The van der Waals surface area contributed by atoms with Crippen LogP contribution in [-0.4, -0.2) is 37.0 Å². The third kappa shape index (κ3) is 4.70. The number of primary amides is 1. The molecule has 0 atom stereocenters. The van der Waals surface area contributed by atoms with Crippen molar-refractivity contribution in [1.29, 1.82) is 0 Å². The fraction of sp³-hybridized carbons (Fsp3) is 0.176. The van der Waals surface area contributed by atoms with Crippen molar-refractivity contribution in [2.45, 2.75) is 0 Å². The lowest BCUT2D eigenvalue weighted by Crippen LogP contribution is -2.31. The molecule has 0 aromatic heterocycles. The molecule has 0 bridgehead atoms. The topological polar surface area (TPSA) is 84.7 Å². The van der Waals surface area contributed by atoms with Crippen LogP contribution >= 0.6 is 0 Å². The summed E-state index contributed by atoms with van der Waals surface area (Å²) >= 11 is 0. The Hall–Kier alpha value is -3.09. The molecule has 6 nitrogen and oxygen atoms in total. The number of carbonyl (C=O) groups excluding carboxylic acids is 2. The smallest absolute Gasteiger partial charge is 0.316 e. The van der Waals surface area contributed by atoms with Gasteiger partial charge in [-0.2, -0.15) is 0 Å². The van der Waals surface area contributed by atoms with Gasteiger partial charge < -0.3 is 20.7 Å². The van der Waals surface area contributed by atoms with Crippen molar-refractivity contribution >= 4 is 17.6 Å². The molecule has 0 unspecified atom stereocenters. The maximum Gasteiger partial charge on any atom is 0.316 e. The van der Waals surface area contributed by atoms with Crippen molar-refractivity contribution < 1.29 is 18.7 Å². The first-order valence-corrected chi connectivity index (χ1v) is 7.26. The van der Waals surface area contributed by atoms with Crippen molar-refractivity contribution in [2.24, 2.45) is 5.73 Å². The minimum atomic E-state index is -0.703. The minimum Gasteiger partial charge on any atom is -0.489 e. The highest BCUT2D eigenvalue weighted by Crippen LogP contribution is 2.15. The van der Waals surface area contributed by atoms with Crippen LogP contribution in [0.5, 0.6) is 5.75 Å². The summed E-state index contributed by atoms with van der Waals surface area (Å²) in [5.74, 6) is -0.553. The van der Waals surface area contributed by atoms with Gasteiger partial charge in [0.1, 0.15) is 6.61 Å². The third-order valence-electron chi connectivity index (χ3n) is 3.24. The number of nitrogens with zero attached hydrogens (tertiary/aromatic N) is 1. The Morgan fingerprint density at radius 3 is 2.67 bits per heavy atom. The van der Waals surface area contributed by atoms with Gasteiger partial charge in [0.2, 0.25) is 0 Å². The number of benzene rings is 2. The zero-order valence-corrected chi connectivity index (χ0v) is 13.2. The highest BCUT2D eigenvalue weighted by Gasteiger charge is 2.13. The molecule has 7 heteroatoms. The molecule has 0 spiro atoms. The lowest BCUT2D eigenvalue weighted by molar-refractivity contribution is 0.0773. The predicted octanol–water partition coefficient (Wildman–Crippen LogP) is 2.47. The van der Waals surface area contributed by atoms with E-state index in [4.69, 9.17) is 10.5 Å². The molecule has 0 aliphatic carbocycles. The van der Waals surface area contributed by atoms with Gasteiger partial charge >= 0.3 is 6.03 Å². The number of nitrogens with two attached hydrogens (primary N) is 1. The monoisotopic (exact) mass is 331 g/mol. The fourth-order valence-corrected chi connectivity index (χ4v) is 2.05. The zero-order valence-electron chi connectivity index (χ0n) is 13.2. The molecule has 0 saturated heterocycles. The second-order valence-corrected chi connectivity index (χ2v) is 5.08. The summed E-state index contributed by atoms with van der Waals surface area (Å²) < 4.78 is 18.8. The van der Waals surface area contributed by atoms with Crippen LogP contribution in [0.1, 0.15) is 10.4 Å². The SMILES string of the molecule is CN(CCOc1ccccc1F)C(=O)c1cccc(NC(N)=O)c1. The van der Waals surface area contributed by atoms with Crippen LogP contribution < -0.4 is 15.8 Å². The van der Waals surface area contributed by atoms with E-state index in [1.54, 1.807) is 37.4 Å². The molecule has 0 radical (unpaired) electrons. The highest BCUT2D eigenvalue weighted by atomic mass is 19.1. The molecule has 2 aromatic carbocycles. The number of ether oxygens (including phenoxy) is 1. The van der Waals surface area contributed by atoms with Gasteiger partial charge in [-0.25, -0.2) is 9.18 Å². The first kappa shape index (κ1) is 17.3. The number of anilines is 1. The summed E-state index contributed by atoms with van der Waals surface area (Å²) in [5, 5.41) is 2.41. The molecule has 0 aliphatic rings. The van der Waals surface area contributed by atoms with Crippen LogP contribution in [0.3, 0.4) is 0 Å². The molecule has 2 rings (SSSR count). The van der Waals surface area contributed by atoms with Gasteiger partial charge in [0.05, 0.1) is 6.54 Å². The summed E-state index contributed by atoms with van der Waals surface area (Å²) in [6.07, 6.45) is 0. The Morgan fingerprint density at radius 1 is 1.21 bits per heavy atom. The number of halogens is 1. The molecule has 126 valence electrons. The fourth-order valence-electron chi connectivity index (χ4n) is 2.05. The average Bonchev–Trinajstić information content (AvgIpc) is 2.55. The highest BCUT2D eigenvalue weighted by molar-refractivity contribution is 5.96. The van der Waals surface area contributed by atoms with Gasteiger partial charge in [-0.1, -0.05) is 18.2 Å². The number of hydrogen-bond donors (Lipinski definition) is 2. The number of amides is 3. The summed E-state index contributed by atoms with van der Waals surface area (Å²) in [5.41, 5.74) is 5.88. The van der Waals surface area contributed by atoms with Crippen LogP contribution in [0.2, 0.25) is 0 Å². The quantitative estimate of drug-likeness (QED) is 0.853. The number of para-hydroxylation sites is 1. The Bertz CT molecular complexity index is 737.